The summed E-state index contributed by atoms with van der Waals surface area (Å²) < 4.78 is 6.45. The van der Waals surface area contributed by atoms with Crippen molar-refractivity contribution in [2.45, 2.75) is 69.6 Å². The highest BCUT2D eigenvalue weighted by Gasteiger charge is 2.30. The normalized spacial score (nSPS) is 23.6. The van der Waals surface area contributed by atoms with Crippen molar-refractivity contribution in [3.8, 4) is 0 Å². The van der Waals surface area contributed by atoms with E-state index in [1.54, 1.807) is 12.3 Å². The van der Waals surface area contributed by atoms with E-state index < -0.39 is 5.91 Å². The third kappa shape index (κ3) is 5.10. The summed E-state index contributed by atoms with van der Waals surface area (Å²) in [6, 6.07) is 4.55. The van der Waals surface area contributed by atoms with E-state index in [1.165, 1.54) is 45.2 Å². The second-order valence-electron chi connectivity index (χ2n) is 8.66. The quantitative estimate of drug-likeness (QED) is 0.778. The van der Waals surface area contributed by atoms with Gasteiger partial charge in [0.05, 0.1) is 12.2 Å². The van der Waals surface area contributed by atoms with Crippen molar-refractivity contribution in [2.24, 2.45) is 5.73 Å². The molecule has 4 rings (SSSR count). The fourth-order valence-electron chi connectivity index (χ4n) is 4.68. The second kappa shape index (κ2) is 9.33. The molecule has 0 bridgehead atoms. The number of rotatable bonds is 7. The van der Waals surface area contributed by atoms with Crippen LogP contribution in [0.1, 0.15) is 61.0 Å². The van der Waals surface area contributed by atoms with E-state index in [4.69, 9.17) is 10.5 Å². The number of amides is 1. The lowest BCUT2D eigenvalue weighted by Crippen LogP contribution is -2.47. The van der Waals surface area contributed by atoms with Crippen LogP contribution in [0.25, 0.3) is 0 Å². The van der Waals surface area contributed by atoms with E-state index in [9.17, 15) is 4.79 Å². The summed E-state index contributed by atoms with van der Waals surface area (Å²) in [6.07, 6.45) is 12.6. The Kier molecular flexibility index (Phi) is 6.60. The minimum Gasteiger partial charge on any atom is -0.375 e. The zero-order valence-corrected chi connectivity index (χ0v) is 16.9. The molecule has 0 atom stereocenters. The first-order chi connectivity index (χ1) is 13.7. The molecule has 0 unspecified atom stereocenters. The SMILES string of the molecule is NC(=O)c1ccc(CCN2CCC(OC3CCN(C4CCC4)CC3)CC2)cn1. The highest BCUT2D eigenvalue weighted by molar-refractivity contribution is 5.90. The topological polar surface area (TPSA) is 71.7 Å². The fraction of sp³-hybridized carbons (Fsp3) is 0.727. The Morgan fingerprint density at radius 2 is 1.71 bits per heavy atom. The molecule has 3 aliphatic rings. The van der Waals surface area contributed by atoms with Gasteiger partial charge in [-0.25, -0.2) is 0 Å². The number of hydrogen-bond acceptors (Lipinski definition) is 5. The van der Waals surface area contributed by atoms with Gasteiger partial charge in [0.25, 0.3) is 5.91 Å². The number of nitrogens with zero attached hydrogens (tertiary/aromatic N) is 3. The fourth-order valence-corrected chi connectivity index (χ4v) is 4.68. The van der Waals surface area contributed by atoms with E-state index in [1.807, 2.05) is 6.07 Å². The van der Waals surface area contributed by atoms with Crippen LogP contribution < -0.4 is 5.73 Å². The maximum atomic E-state index is 11.1. The van der Waals surface area contributed by atoms with Crippen molar-refractivity contribution in [1.82, 2.24) is 14.8 Å². The van der Waals surface area contributed by atoms with Crippen molar-refractivity contribution in [2.75, 3.05) is 32.7 Å². The number of aromatic nitrogens is 1. The number of nitrogens with two attached hydrogens (primary N) is 1. The van der Waals surface area contributed by atoms with Gasteiger partial charge in [-0.2, -0.15) is 0 Å². The Morgan fingerprint density at radius 3 is 2.25 bits per heavy atom. The first kappa shape index (κ1) is 19.8. The van der Waals surface area contributed by atoms with Crippen LogP contribution in [0.4, 0.5) is 0 Å². The first-order valence-corrected chi connectivity index (χ1v) is 11.0. The molecular weight excluding hydrogens is 352 g/mol. The Balaban J connectivity index is 1.12. The average Bonchev–Trinajstić information content (AvgIpc) is 2.68. The molecule has 6 heteroatoms. The van der Waals surface area contributed by atoms with Crippen molar-refractivity contribution in [1.29, 1.82) is 0 Å². The largest absolute Gasteiger partial charge is 0.375 e. The number of likely N-dealkylation sites (tertiary alicyclic amines) is 2. The zero-order valence-electron chi connectivity index (χ0n) is 16.9. The Hall–Kier alpha value is -1.50. The minimum atomic E-state index is -0.470. The molecule has 1 aromatic heterocycles. The number of piperidine rings is 2. The molecule has 6 nitrogen and oxygen atoms in total. The van der Waals surface area contributed by atoms with Gasteiger partial charge in [0.15, 0.2) is 0 Å². The van der Waals surface area contributed by atoms with Gasteiger partial charge in [-0.15, -0.1) is 0 Å². The molecule has 2 aliphatic heterocycles. The number of carbonyl (C=O) groups is 1. The minimum absolute atomic E-state index is 0.334. The van der Waals surface area contributed by atoms with E-state index in [-0.39, 0.29) is 0 Å². The summed E-state index contributed by atoms with van der Waals surface area (Å²) in [5.74, 6) is -0.470. The van der Waals surface area contributed by atoms with Crippen molar-refractivity contribution < 1.29 is 9.53 Å². The highest BCUT2D eigenvalue weighted by atomic mass is 16.5. The maximum Gasteiger partial charge on any atom is 0.267 e. The summed E-state index contributed by atoms with van der Waals surface area (Å²) in [7, 11) is 0. The number of primary amides is 1. The van der Waals surface area contributed by atoms with E-state index >= 15 is 0 Å². The predicted octanol–water partition coefficient (Wildman–Crippen LogP) is 2.22. The van der Waals surface area contributed by atoms with E-state index in [0.29, 0.717) is 17.9 Å². The standard InChI is InChI=1S/C22H34N4O2/c23-22(27)21-5-4-17(16-24-21)6-11-25-12-7-19(8-13-25)28-20-9-14-26(15-10-20)18-2-1-3-18/h4-5,16,18-20H,1-3,6-15H2,(H2,23,27). The number of pyridine rings is 1. The second-order valence-corrected chi connectivity index (χ2v) is 8.66. The molecular formula is C22H34N4O2. The van der Waals surface area contributed by atoms with Crippen LogP contribution >= 0.6 is 0 Å². The van der Waals surface area contributed by atoms with Gasteiger partial charge in [0.2, 0.25) is 0 Å². The van der Waals surface area contributed by atoms with Gasteiger partial charge < -0.3 is 20.3 Å². The monoisotopic (exact) mass is 386 g/mol. The van der Waals surface area contributed by atoms with Gasteiger partial charge in [-0.1, -0.05) is 12.5 Å². The summed E-state index contributed by atoms with van der Waals surface area (Å²) in [4.78, 5) is 20.4. The molecule has 2 N–H and O–H groups in total. The van der Waals surface area contributed by atoms with Crippen molar-refractivity contribution >= 4 is 5.91 Å². The molecule has 0 aromatic carbocycles. The lowest BCUT2D eigenvalue weighted by Gasteiger charge is -2.42. The van der Waals surface area contributed by atoms with Gasteiger partial charge >= 0.3 is 0 Å². The van der Waals surface area contributed by atoms with Crippen LogP contribution in [0.15, 0.2) is 18.3 Å². The first-order valence-electron chi connectivity index (χ1n) is 11.0. The van der Waals surface area contributed by atoms with Crippen molar-refractivity contribution in [3.63, 3.8) is 0 Å². The van der Waals surface area contributed by atoms with Crippen LogP contribution in [0.5, 0.6) is 0 Å². The maximum absolute atomic E-state index is 11.1. The average molecular weight is 387 g/mol. The molecule has 0 radical (unpaired) electrons. The van der Waals surface area contributed by atoms with Gasteiger partial charge in [0.1, 0.15) is 5.69 Å². The van der Waals surface area contributed by atoms with Crippen LogP contribution in [-0.2, 0) is 11.2 Å². The van der Waals surface area contributed by atoms with E-state index in [0.717, 1.165) is 50.5 Å². The van der Waals surface area contributed by atoms with Gasteiger partial charge in [-0.3, -0.25) is 9.78 Å². The third-order valence-electron chi connectivity index (χ3n) is 6.78. The summed E-state index contributed by atoms with van der Waals surface area (Å²) in [6.45, 7) is 5.72. The molecule has 0 spiro atoms. The summed E-state index contributed by atoms with van der Waals surface area (Å²) in [5.41, 5.74) is 6.73. The lowest BCUT2D eigenvalue weighted by atomic mass is 9.89. The smallest absolute Gasteiger partial charge is 0.267 e. The number of hydrogen-bond donors (Lipinski definition) is 1. The highest BCUT2D eigenvalue weighted by Crippen LogP contribution is 2.29. The molecule has 3 fully saturated rings. The molecule has 1 amide bonds. The van der Waals surface area contributed by atoms with Gasteiger partial charge in [0, 0.05) is 45.0 Å². The zero-order chi connectivity index (χ0) is 19.3. The molecule has 1 aromatic rings. The lowest BCUT2D eigenvalue weighted by molar-refractivity contribution is -0.0718. The predicted molar refractivity (Wildman–Crippen MR) is 109 cm³/mol. The molecule has 3 heterocycles. The Labute approximate surface area is 168 Å². The van der Waals surface area contributed by atoms with E-state index in [2.05, 4.69) is 14.8 Å². The Morgan fingerprint density at radius 1 is 1.04 bits per heavy atom. The van der Waals surface area contributed by atoms with Crippen LogP contribution in [0.2, 0.25) is 0 Å². The molecule has 1 saturated carbocycles. The molecule has 154 valence electrons. The van der Waals surface area contributed by atoms with Crippen LogP contribution in [0.3, 0.4) is 0 Å². The summed E-state index contributed by atoms with van der Waals surface area (Å²) in [5, 5.41) is 0. The molecule has 1 aliphatic carbocycles. The third-order valence-corrected chi connectivity index (χ3v) is 6.78. The number of ether oxygens (including phenoxy) is 1. The van der Waals surface area contributed by atoms with Crippen molar-refractivity contribution in [3.05, 3.63) is 29.6 Å². The molecule has 28 heavy (non-hydrogen) atoms. The van der Waals surface area contributed by atoms with Gasteiger partial charge in [-0.05, 0) is 56.6 Å². The molecule has 2 saturated heterocycles. The Bertz CT molecular complexity index is 630. The summed E-state index contributed by atoms with van der Waals surface area (Å²) >= 11 is 0. The van der Waals surface area contributed by atoms with Crippen LogP contribution in [-0.4, -0.2) is 71.7 Å². The van der Waals surface area contributed by atoms with Crippen LogP contribution in [0, 0.1) is 0 Å². The number of carbonyl (C=O) groups excluding carboxylic acids is 1.